The Morgan fingerprint density at radius 1 is 1.19 bits per heavy atom. The van der Waals surface area contributed by atoms with Gasteiger partial charge in [0, 0.05) is 18.5 Å². The van der Waals surface area contributed by atoms with Crippen LogP contribution in [0.2, 0.25) is 0 Å². The van der Waals surface area contributed by atoms with Gasteiger partial charge in [0.2, 0.25) is 0 Å². The minimum absolute atomic E-state index is 0.374. The molecule has 0 bridgehead atoms. The van der Waals surface area contributed by atoms with Crippen LogP contribution in [0.4, 0.5) is 0 Å². The van der Waals surface area contributed by atoms with Gasteiger partial charge in [-0.3, -0.25) is 0 Å². The van der Waals surface area contributed by atoms with E-state index in [9.17, 15) is 8.42 Å². The Labute approximate surface area is 130 Å². The highest BCUT2D eigenvalue weighted by molar-refractivity contribution is 7.91. The maximum atomic E-state index is 12.6. The zero-order valence-electron chi connectivity index (χ0n) is 12.2. The average molecular weight is 324 g/mol. The summed E-state index contributed by atoms with van der Waals surface area (Å²) >= 11 is 1.30. The van der Waals surface area contributed by atoms with Crippen LogP contribution in [0.1, 0.15) is 16.0 Å². The second kappa shape index (κ2) is 6.70. The van der Waals surface area contributed by atoms with E-state index in [0.717, 1.165) is 16.0 Å². The van der Waals surface area contributed by atoms with Crippen LogP contribution in [0.3, 0.4) is 0 Å². The second-order valence-corrected chi connectivity index (χ2v) is 8.39. The minimum atomic E-state index is -3.44. The number of benzene rings is 1. The average Bonchev–Trinajstić information content (AvgIpc) is 2.91. The predicted molar refractivity (Wildman–Crippen MR) is 86.9 cm³/mol. The molecule has 0 fully saturated rings. The highest BCUT2D eigenvalue weighted by Gasteiger charge is 2.23. The molecule has 1 aromatic heterocycles. The van der Waals surface area contributed by atoms with Crippen molar-refractivity contribution in [2.75, 3.05) is 13.6 Å². The second-order valence-electron chi connectivity index (χ2n) is 4.95. The Bertz CT molecular complexity index is 708. The van der Waals surface area contributed by atoms with E-state index in [0.29, 0.717) is 23.7 Å². The molecule has 0 aliphatic rings. The van der Waals surface area contributed by atoms with E-state index in [1.807, 2.05) is 37.3 Å². The molecule has 21 heavy (non-hydrogen) atoms. The Kier molecular flexibility index (Phi) is 5.16. The molecule has 0 radical (unpaired) electrons. The molecule has 0 spiro atoms. The molecule has 114 valence electrons. The van der Waals surface area contributed by atoms with Crippen molar-refractivity contribution in [3.8, 4) is 0 Å². The Morgan fingerprint density at radius 2 is 1.90 bits per heavy atom. The van der Waals surface area contributed by atoms with Crippen LogP contribution in [0.5, 0.6) is 0 Å². The van der Waals surface area contributed by atoms with E-state index in [-0.39, 0.29) is 0 Å². The first kappa shape index (κ1) is 16.2. The fourth-order valence-corrected chi connectivity index (χ4v) is 4.77. The van der Waals surface area contributed by atoms with Crippen molar-refractivity contribution in [1.29, 1.82) is 0 Å². The number of hydrogen-bond donors (Lipinski definition) is 1. The molecule has 2 rings (SSSR count). The van der Waals surface area contributed by atoms with Gasteiger partial charge in [-0.25, -0.2) is 8.42 Å². The molecule has 0 saturated carbocycles. The number of rotatable bonds is 6. The Morgan fingerprint density at radius 3 is 2.57 bits per heavy atom. The van der Waals surface area contributed by atoms with Crippen LogP contribution in [-0.4, -0.2) is 26.3 Å². The quantitative estimate of drug-likeness (QED) is 0.887. The fourth-order valence-electron chi connectivity index (χ4n) is 2.04. The summed E-state index contributed by atoms with van der Waals surface area (Å²) in [5.74, 6) is 0. The number of aryl methyl sites for hydroxylation is 1. The zero-order chi connectivity index (χ0) is 15.5. The van der Waals surface area contributed by atoms with Crippen molar-refractivity contribution >= 4 is 21.4 Å². The van der Waals surface area contributed by atoms with Gasteiger partial charge in [-0.2, -0.15) is 4.31 Å². The zero-order valence-corrected chi connectivity index (χ0v) is 13.9. The van der Waals surface area contributed by atoms with Crippen molar-refractivity contribution < 1.29 is 8.42 Å². The monoisotopic (exact) mass is 324 g/mol. The number of nitrogens with zero attached hydrogens (tertiary/aromatic N) is 1. The number of hydrogen-bond acceptors (Lipinski definition) is 4. The molecule has 6 heteroatoms. The normalized spacial score (nSPS) is 12.0. The molecule has 1 aromatic carbocycles. The molecule has 0 aliphatic carbocycles. The molecule has 0 atom stereocenters. The van der Waals surface area contributed by atoms with Crippen LogP contribution in [0, 0.1) is 6.92 Å². The standard InChI is InChI=1S/C15H20N2O2S2/c1-12-5-3-4-6-13(12)11-17(2)21(18,19)15-8-7-14(20-15)9-10-16/h3-8H,9-11,16H2,1-2H3. The van der Waals surface area contributed by atoms with E-state index in [4.69, 9.17) is 5.73 Å². The van der Waals surface area contributed by atoms with Crippen molar-refractivity contribution in [2.24, 2.45) is 5.73 Å². The van der Waals surface area contributed by atoms with Gasteiger partial charge < -0.3 is 5.73 Å². The molecule has 0 amide bonds. The molecular formula is C15H20N2O2S2. The van der Waals surface area contributed by atoms with Crippen LogP contribution >= 0.6 is 11.3 Å². The number of thiophene rings is 1. The molecule has 0 saturated heterocycles. The highest BCUT2D eigenvalue weighted by atomic mass is 32.2. The minimum Gasteiger partial charge on any atom is -0.330 e. The lowest BCUT2D eigenvalue weighted by molar-refractivity contribution is 0.467. The lowest BCUT2D eigenvalue weighted by Gasteiger charge is -2.17. The summed E-state index contributed by atoms with van der Waals surface area (Å²) < 4.78 is 26.9. The van der Waals surface area contributed by atoms with Gasteiger partial charge in [0.1, 0.15) is 4.21 Å². The summed E-state index contributed by atoms with van der Waals surface area (Å²) in [4.78, 5) is 1.00. The maximum Gasteiger partial charge on any atom is 0.252 e. The van der Waals surface area contributed by atoms with Gasteiger partial charge >= 0.3 is 0 Å². The van der Waals surface area contributed by atoms with Crippen LogP contribution in [-0.2, 0) is 23.0 Å². The summed E-state index contributed by atoms with van der Waals surface area (Å²) in [5.41, 5.74) is 7.61. The van der Waals surface area contributed by atoms with Crippen molar-refractivity contribution in [3.63, 3.8) is 0 Å². The molecule has 2 N–H and O–H groups in total. The van der Waals surface area contributed by atoms with Crippen molar-refractivity contribution in [2.45, 2.75) is 24.1 Å². The molecule has 0 aliphatic heterocycles. The fraction of sp³-hybridized carbons (Fsp3) is 0.333. The lowest BCUT2D eigenvalue weighted by atomic mass is 10.1. The molecule has 4 nitrogen and oxygen atoms in total. The maximum absolute atomic E-state index is 12.6. The summed E-state index contributed by atoms with van der Waals surface area (Å²) in [6.07, 6.45) is 0.710. The molecular weight excluding hydrogens is 304 g/mol. The first-order valence-corrected chi connectivity index (χ1v) is 9.00. The van der Waals surface area contributed by atoms with E-state index in [2.05, 4.69) is 0 Å². The van der Waals surface area contributed by atoms with Crippen LogP contribution in [0.15, 0.2) is 40.6 Å². The van der Waals surface area contributed by atoms with Crippen LogP contribution in [0.25, 0.3) is 0 Å². The summed E-state index contributed by atoms with van der Waals surface area (Å²) in [5, 5.41) is 0. The SMILES string of the molecule is Cc1ccccc1CN(C)S(=O)(=O)c1ccc(CCN)s1. The highest BCUT2D eigenvalue weighted by Crippen LogP contribution is 2.25. The van der Waals surface area contributed by atoms with Gasteiger partial charge in [0.25, 0.3) is 10.0 Å². The van der Waals surface area contributed by atoms with Gasteiger partial charge in [0.15, 0.2) is 0 Å². The van der Waals surface area contributed by atoms with E-state index >= 15 is 0 Å². The Balaban J connectivity index is 2.20. The van der Waals surface area contributed by atoms with Gasteiger partial charge in [-0.1, -0.05) is 24.3 Å². The van der Waals surface area contributed by atoms with Crippen molar-refractivity contribution in [1.82, 2.24) is 4.31 Å². The third kappa shape index (κ3) is 3.71. The number of sulfonamides is 1. The topological polar surface area (TPSA) is 63.4 Å². The van der Waals surface area contributed by atoms with Crippen LogP contribution < -0.4 is 5.73 Å². The third-order valence-electron chi connectivity index (χ3n) is 3.35. The molecule has 2 aromatic rings. The Hall–Kier alpha value is -1.21. The van der Waals surface area contributed by atoms with E-state index in [1.165, 1.54) is 15.6 Å². The largest absolute Gasteiger partial charge is 0.330 e. The summed E-state index contributed by atoms with van der Waals surface area (Å²) in [6.45, 7) is 2.89. The predicted octanol–water partition coefficient (Wildman–Crippen LogP) is 2.38. The number of nitrogens with two attached hydrogens (primary N) is 1. The van der Waals surface area contributed by atoms with Gasteiger partial charge in [-0.15, -0.1) is 11.3 Å². The molecule has 1 heterocycles. The summed E-state index contributed by atoms with van der Waals surface area (Å²) in [6, 6.07) is 11.3. The van der Waals surface area contributed by atoms with Gasteiger partial charge in [-0.05, 0) is 43.1 Å². The summed E-state index contributed by atoms with van der Waals surface area (Å²) in [7, 11) is -1.83. The van der Waals surface area contributed by atoms with E-state index in [1.54, 1.807) is 13.1 Å². The van der Waals surface area contributed by atoms with Crippen molar-refractivity contribution in [3.05, 3.63) is 52.4 Å². The smallest absolute Gasteiger partial charge is 0.252 e. The van der Waals surface area contributed by atoms with E-state index < -0.39 is 10.0 Å². The van der Waals surface area contributed by atoms with Gasteiger partial charge in [0.05, 0.1) is 0 Å². The lowest BCUT2D eigenvalue weighted by Crippen LogP contribution is -2.26. The first-order valence-electron chi connectivity index (χ1n) is 6.75. The third-order valence-corrected chi connectivity index (χ3v) is 6.76. The first-order chi connectivity index (χ1) is 9.95. The molecule has 0 unspecified atom stereocenters.